The zero-order valence-electron chi connectivity index (χ0n) is 21.3. The smallest absolute Gasteiger partial charge is 0.416 e. The molecule has 0 fully saturated rings. The van der Waals surface area contributed by atoms with Crippen molar-refractivity contribution in [3.63, 3.8) is 0 Å². The van der Waals surface area contributed by atoms with Gasteiger partial charge in [-0.15, -0.1) is 0 Å². The van der Waals surface area contributed by atoms with Gasteiger partial charge in [-0.1, -0.05) is 52.3 Å². The Kier molecular flexibility index (Phi) is 9.74. The first-order valence-electron chi connectivity index (χ1n) is 12.3. The molecule has 2 amide bonds. The number of ether oxygens (including phenoxy) is 1. The maximum Gasteiger partial charge on any atom is 0.416 e. The Morgan fingerprint density at radius 2 is 1.54 bits per heavy atom. The highest BCUT2D eigenvalue weighted by Crippen LogP contribution is 2.31. The summed E-state index contributed by atoms with van der Waals surface area (Å²) in [4.78, 5) is 25.5. The summed E-state index contributed by atoms with van der Waals surface area (Å²) >= 11 is 8.66. The zero-order chi connectivity index (χ0) is 29.4. The molecule has 0 aliphatic carbocycles. The van der Waals surface area contributed by atoms with Crippen LogP contribution in [0.2, 0.25) is 0 Å². The predicted molar refractivity (Wildman–Crippen MR) is 159 cm³/mol. The van der Waals surface area contributed by atoms with E-state index >= 15 is 0 Å². The topological polar surface area (TPSA) is 79.5 Å². The quantitative estimate of drug-likeness (QED) is 0.174. The molecule has 210 valence electrons. The van der Waals surface area contributed by atoms with Gasteiger partial charge < -0.3 is 15.4 Å². The normalized spacial score (nSPS) is 10.9. The number of amides is 2. The lowest BCUT2D eigenvalue weighted by Crippen LogP contribution is -2.34. The number of nitrogens with one attached hydrogen (secondary N) is 3. The first-order valence-corrected chi connectivity index (χ1v) is 13.5. The lowest BCUT2D eigenvalue weighted by atomic mass is 10.1. The van der Waals surface area contributed by atoms with E-state index in [4.69, 9.17) is 17.0 Å². The Morgan fingerprint density at radius 3 is 2.24 bits per heavy atom. The van der Waals surface area contributed by atoms with Crippen LogP contribution in [0.1, 0.15) is 31.8 Å². The largest absolute Gasteiger partial charge is 0.492 e. The third-order valence-electron chi connectivity index (χ3n) is 5.76. The fourth-order valence-electron chi connectivity index (χ4n) is 3.74. The molecule has 0 spiro atoms. The van der Waals surface area contributed by atoms with Gasteiger partial charge in [0.15, 0.2) is 5.11 Å². The van der Waals surface area contributed by atoms with Crippen LogP contribution >= 0.6 is 28.1 Å². The number of carbonyl (C=O) groups is 2. The number of hydrogen-bond acceptors (Lipinski definition) is 4. The van der Waals surface area contributed by atoms with Gasteiger partial charge in [0.1, 0.15) is 5.75 Å². The average Bonchev–Trinajstić information content (AvgIpc) is 2.94. The molecular formula is C30H23BrF3N3O3S. The molecule has 0 saturated heterocycles. The van der Waals surface area contributed by atoms with Gasteiger partial charge in [-0.25, -0.2) is 0 Å². The second-order valence-corrected chi connectivity index (χ2v) is 10.1. The summed E-state index contributed by atoms with van der Waals surface area (Å²) in [6, 6.07) is 25.4. The standard InChI is InChI=1S/C30H23BrF3N3O3S/c31-22-11-14-26(40-16-15-19-5-2-1-3-6-19)25(18-22)28(39)37-29(41)36-23-12-9-20(10-13-23)27(38)35-24-8-4-7-21(17-24)30(32,33)34/h1-14,17-18H,15-16H2,(H,35,38)(H2,36,37,39,41). The van der Waals surface area contributed by atoms with Crippen molar-refractivity contribution < 1.29 is 27.5 Å². The molecule has 4 aromatic carbocycles. The number of carbonyl (C=O) groups excluding carboxylic acids is 2. The van der Waals surface area contributed by atoms with E-state index in [1.807, 2.05) is 30.3 Å². The molecule has 6 nitrogen and oxygen atoms in total. The van der Waals surface area contributed by atoms with E-state index in [1.165, 1.54) is 24.3 Å². The molecule has 0 bridgehead atoms. The minimum absolute atomic E-state index is 0.0198. The minimum atomic E-state index is -4.52. The van der Waals surface area contributed by atoms with Crippen molar-refractivity contribution in [1.82, 2.24) is 5.32 Å². The van der Waals surface area contributed by atoms with Gasteiger partial charge in [-0.05, 0) is 78.4 Å². The van der Waals surface area contributed by atoms with Gasteiger partial charge in [0.25, 0.3) is 11.8 Å². The number of anilines is 2. The Bertz CT molecular complexity index is 1550. The second-order valence-electron chi connectivity index (χ2n) is 8.74. The molecule has 41 heavy (non-hydrogen) atoms. The first-order chi connectivity index (χ1) is 19.6. The van der Waals surface area contributed by atoms with E-state index in [2.05, 4.69) is 31.9 Å². The fourth-order valence-corrected chi connectivity index (χ4v) is 4.31. The maximum atomic E-state index is 13.0. The van der Waals surface area contributed by atoms with Crippen LogP contribution in [-0.2, 0) is 12.6 Å². The van der Waals surface area contributed by atoms with E-state index in [0.29, 0.717) is 28.9 Å². The third-order valence-corrected chi connectivity index (χ3v) is 6.45. The number of rotatable bonds is 8. The van der Waals surface area contributed by atoms with Crippen LogP contribution < -0.4 is 20.7 Å². The van der Waals surface area contributed by atoms with Crippen molar-refractivity contribution in [1.29, 1.82) is 0 Å². The Hall–Kier alpha value is -4.22. The van der Waals surface area contributed by atoms with Gasteiger partial charge in [0, 0.05) is 27.8 Å². The number of halogens is 4. The maximum absolute atomic E-state index is 13.0. The molecule has 4 aromatic rings. The van der Waals surface area contributed by atoms with E-state index in [9.17, 15) is 22.8 Å². The highest BCUT2D eigenvalue weighted by molar-refractivity contribution is 9.10. The van der Waals surface area contributed by atoms with E-state index in [-0.39, 0.29) is 21.9 Å². The summed E-state index contributed by atoms with van der Waals surface area (Å²) < 4.78 is 45.4. The number of benzene rings is 4. The average molecular weight is 642 g/mol. The first kappa shape index (κ1) is 29.8. The van der Waals surface area contributed by atoms with Crippen LogP contribution in [-0.4, -0.2) is 23.5 Å². The van der Waals surface area contributed by atoms with Crippen LogP contribution in [0.4, 0.5) is 24.5 Å². The summed E-state index contributed by atoms with van der Waals surface area (Å²) in [5, 5.41) is 7.96. The monoisotopic (exact) mass is 641 g/mol. The predicted octanol–water partition coefficient (Wildman–Crippen LogP) is 7.47. The number of alkyl halides is 3. The Balaban J connectivity index is 1.33. The molecule has 0 heterocycles. The van der Waals surface area contributed by atoms with Gasteiger partial charge in [-0.2, -0.15) is 13.2 Å². The Morgan fingerprint density at radius 1 is 0.805 bits per heavy atom. The van der Waals surface area contributed by atoms with Crippen LogP contribution in [0.15, 0.2) is 102 Å². The minimum Gasteiger partial charge on any atom is -0.492 e. The van der Waals surface area contributed by atoms with Gasteiger partial charge in [-0.3, -0.25) is 14.9 Å². The van der Waals surface area contributed by atoms with Crippen molar-refractivity contribution in [2.75, 3.05) is 17.2 Å². The SMILES string of the molecule is O=C(Nc1cccc(C(F)(F)F)c1)c1ccc(NC(=S)NC(=O)c2cc(Br)ccc2OCCc2ccccc2)cc1. The summed E-state index contributed by atoms with van der Waals surface area (Å²) in [7, 11) is 0. The molecule has 0 radical (unpaired) electrons. The second kappa shape index (κ2) is 13.4. The molecule has 11 heteroatoms. The van der Waals surface area contributed by atoms with Crippen molar-refractivity contribution >= 4 is 56.4 Å². The van der Waals surface area contributed by atoms with Crippen LogP contribution in [0.25, 0.3) is 0 Å². The fraction of sp³-hybridized carbons (Fsp3) is 0.100. The summed E-state index contributed by atoms with van der Waals surface area (Å²) in [5.74, 6) is -0.655. The molecule has 3 N–H and O–H groups in total. The van der Waals surface area contributed by atoms with Crippen LogP contribution in [0.3, 0.4) is 0 Å². The van der Waals surface area contributed by atoms with Crippen molar-refractivity contribution in [3.8, 4) is 5.75 Å². The molecule has 0 aromatic heterocycles. The molecular weight excluding hydrogens is 619 g/mol. The van der Waals surface area contributed by atoms with Crippen LogP contribution in [0, 0.1) is 0 Å². The molecule has 0 atom stereocenters. The molecule has 4 rings (SSSR count). The van der Waals surface area contributed by atoms with Gasteiger partial charge in [0.05, 0.1) is 17.7 Å². The number of hydrogen-bond donors (Lipinski definition) is 3. The van der Waals surface area contributed by atoms with Crippen LogP contribution in [0.5, 0.6) is 5.75 Å². The Labute approximate surface area is 248 Å². The van der Waals surface area contributed by atoms with Crippen molar-refractivity contribution in [2.24, 2.45) is 0 Å². The van der Waals surface area contributed by atoms with E-state index < -0.39 is 23.6 Å². The lowest BCUT2D eigenvalue weighted by molar-refractivity contribution is -0.137. The third kappa shape index (κ3) is 8.63. The molecule has 0 aliphatic rings. The molecule has 0 unspecified atom stereocenters. The zero-order valence-corrected chi connectivity index (χ0v) is 23.7. The van der Waals surface area contributed by atoms with Crippen molar-refractivity contribution in [3.05, 3.63) is 124 Å². The molecule has 0 saturated carbocycles. The summed E-state index contributed by atoms with van der Waals surface area (Å²) in [5.41, 5.74) is 1.26. The van der Waals surface area contributed by atoms with Crippen molar-refractivity contribution in [2.45, 2.75) is 12.6 Å². The van der Waals surface area contributed by atoms with Gasteiger partial charge in [0.2, 0.25) is 0 Å². The summed E-state index contributed by atoms with van der Waals surface area (Å²) in [6.07, 6.45) is -3.85. The summed E-state index contributed by atoms with van der Waals surface area (Å²) in [6.45, 7) is 0.377. The van der Waals surface area contributed by atoms with E-state index in [1.54, 1.807) is 30.3 Å². The highest BCUT2D eigenvalue weighted by atomic mass is 79.9. The molecule has 0 aliphatic heterocycles. The van der Waals surface area contributed by atoms with Gasteiger partial charge >= 0.3 is 6.18 Å². The van der Waals surface area contributed by atoms with E-state index in [0.717, 1.165) is 17.7 Å². The highest BCUT2D eigenvalue weighted by Gasteiger charge is 2.30. The number of thiocarbonyl (C=S) groups is 1. The lowest BCUT2D eigenvalue weighted by Gasteiger charge is -2.14.